The van der Waals surface area contributed by atoms with Crippen LogP contribution in [0.1, 0.15) is 99.3 Å². The molecular weight excluding hydrogens is 518 g/mol. The minimum atomic E-state index is -0.0732. The van der Waals surface area contributed by atoms with E-state index in [1.54, 1.807) is 35.8 Å². The fourth-order valence-corrected chi connectivity index (χ4v) is 2.60. The molecule has 3 amide bonds. The van der Waals surface area contributed by atoms with Crippen molar-refractivity contribution in [2.75, 3.05) is 40.8 Å². The number of hydrogen-bond donors (Lipinski definition) is 0. The number of hydrogen-bond acceptors (Lipinski definition) is 6. The Hall–Kier alpha value is -2.06. The molecule has 0 bridgehead atoms. The van der Waals surface area contributed by atoms with Crippen molar-refractivity contribution >= 4 is 35.1 Å². The van der Waals surface area contributed by atoms with E-state index in [2.05, 4.69) is 20.8 Å². The normalized spacial score (nSPS) is 9.32. The molecule has 0 aromatic heterocycles. The standard InChI is InChI=1S/3C9H17NO2.Fe/c3*1-4-5-6-10(3)9(12)7-8(2)11;/h3*4-7H2,1-3H3;/q;;;+3. The average Bonchev–Trinajstić information content (AvgIpc) is 2.78. The van der Waals surface area contributed by atoms with Crippen molar-refractivity contribution in [2.24, 2.45) is 0 Å². The number of Topliss-reactive ketones (excluding diaryl/α,β-unsaturated/α-hetero) is 3. The van der Waals surface area contributed by atoms with Crippen molar-refractivity contribution in [3.63, 3.8) is 0 Å². The first-order valence-corrected chi connectivity index (χ1v) is 12.9. The van der Waals surface area contributed by atoms with Gasteiger partial charge in [-0.15, -0.1) is 0 Å². The Morgan fingerprint density at radius 2 is 0.649 bits per heavy atom. The van der Waals surface area contributed by atoms with Crippen LogP contribution in [0.5, 0.6) is 0 Å². The summed E-state index contributed by atoms with van der Waals surface area (Å²) in [5, 5.41) is 0. The van der Waals surface area contributed by atoms with Crippen molar-refractivity contribution in [2.45, 2.75) is 99.3 Å². The third-order valence-electron chi connectivity index (χ3n) is 5.02. The Morgan fingerprint density at radius 1 is 0.459 bits per heavy atom. The van der Waals surface area contributed by atoms with E-state index in [9.17, 15) is 28.8 Å². The molecule has 1 radical (unpaired) electrons. The second kappa shape index (κ2) is 27.0. The van der Waals surface area contributed by atoms with Gasteiger partial charge in [0.15, 0.2) is 0 Å². The Balaban J connectivity index is -0.000000218. The molecule has 10 heteroatoms. The largest absolute Gasteiger partial charge is 3.00 e. The number of unbranched alkanes of at least 4 members (excludes halogenated alkanes) is 3. The summed E-state index contributed by atoms with van der Waals surface area (Å²) in [6.07, 6.45) is 6.33. The molecule has 0 saturated carbocycles. The van der Waals surface area contributed by atoms with Crippen molar-refractivity contribution in [1.82, 2.24) is 14.7 Å². The van der Waals surface area contributed by atoms with Gasteiger partial charge in [-0.05, 0) is 40.0 Å². The molecule has 0 heterocycles. The Morgan fingerprint density at radius 3 is 0.784 bits per heavy atom. The second-order valence-corrected chi connectivity index (χ2v) is 9.14. The van der Waals surface area contributed by atoms with Gasteiger partial charge in [-0.3, -0.25) is 28.8 Å². The van der Waals surface area contributed by atoms with E-state index in [4.69, 9.17) is 0 Å². The van der Waals surface area contributed by atoms with Crippen LogP contribution < -0.4 is 0 Å². The summed E-state index contributed by atoms with van der Waals surface area (Å²) in [6, 6.07) is 0. The molecule has 0 saturated heterocycles. The summed E-state index contributed by atoms with van der Waals surface area (Å²) >= 11 is 0. The predicted molar refractivity (Wildman–Crippen MR) is 144 cm³/mol. The minimum absolute atomic E-state index is 0. The Bertz CT molecular complexity index is 595. The van der Waals surface area contributed by atoms with E-state index in [1.165, 1.54) is 20.8 Å². The number of carbonyl (C=O) groups is 6. The predicted octanol–water partition coefficient (Wildman–Crippen LogP) is 3.67. The maximum Gasteiger partial charge on any atom is 3.00 e. The Kier molecular flexibility index (Phi) is 30.7. The van der Waals surface area contributed by atoms with Gasteiger partial charge < -0.3 is 14.7 Å². The van der Waals surface area contributed by atoms with Crippen LogP contribution in [0, 0.1) is 0 Å². The first kappa shape index (κ1) is 42.0. The molecule has 37 heavy (non-hydrogen) atoms. The maximum absolute atomic E-state index is 11.2. The molecule has 0 fully saturated rings. The van der Waals surface area contributed by atoms with Crippen LogP contribution in [-0.4, -0.2) is 90.5 Å². The molecule has 0 aliphatic carbocycles. The van der Waals surface area contributed by atoms with Gasteiger partial charge in [0, 0.05) is 40.8 Å². The van der Waals surface area contributed by atoms with Gasteiger partial charge in [-0.25, -0.2) is 0 Å². The molecule has 0 aromatic rings. The summed E-state index contributed by atoms with van der Waals surface area (Å²) in [5.74, 6) is -0.419. The topological polar surface area (TPSA) is 112 Å². The Labute approximate surface area is 235 Å². The quantitative estimate of drug-likeness (QED) is 0.220. The number of ketones is 3. The van der Waals surface area contributed by atoms with E-state index in [0.29, 0.717) is 0 Å². The third-order valence-corrected chi connectivity index (χ3v) is 5.02. The van der Waals surface area contributed by atoms with E-state index >= 15 is 0 Å². The van der Waals surface area contributed by atoms with Gasteiger partial charge in [-0.2, -0.15) is 0 Å². The molecule has 0 spiro atoms. The van der Waals surface area contributed by atoms with E-state index in [-0.39, 0.29) is 71.4 Å². The molecule has 0 rings (SSSR count). The molecule has 0 unspecified atom stereocenters. The van der Waals surface area contributed by atoms with E-state index in [0.717, 1.165) is 58.2 Å². The van der Waals surface area contributed by atoms with Crippen LogP contribution in [0.2, 0.25) is 0 Å². The fourth-order valence-electron chi connectivity index (χ4n) is 2.60. The zero-order chi connectivity index (χ0) is 28.7. The molecule has 0 aliphatic heterocycles. The summed E-state index contributed by atoms with van der Waals surface area (Å²) in [6.45, 7) is 12.8. The number of rotatable bonds is 15. The average molecular weight is 570 g/mol. The molecule has 0 atom stereocenters. The summed E-state index contributed by atoms with van der Waals surface area (Å²) in [5.41, 5.74) is 0. The van der Waals surface area contributed by atoms with Crippen LogP contribution in [0.4, 0.5) is 0 Å². The molecular formula is C27H51FeN3O6+3. The van der Waals surface area contributed by atoms with Gasteiger partial charge in [0.2, 0.25) is 17.7 Å². The van der Waals surface area contributed by atoms with Crippen LogP contribution >= 0.6 is 0 Å². The van der Waals surface area contributed by atoms with Gasteiger partial charge in [0.05, 0.1) is 19.3 Å². The van der Waals surface area contributed by atoms with Gasteiger partial charge in [0.1, 0.15) is 17.3 Å². The first-order chi connectivity index (χ1) is 16.7. The SMILES string of the molecule is CCCCN(C)C(=O)CC(C)=O.CCCCN(C)C(=O)CC(C)=O.CCCCN(C)C(=O)CC(C)=O.[Fe+3]. The van der Waals surface area contributed by atoms with Crippen molar-refractivity contribution in [3.05, 3.63) is 0 Å². The van der Waals surface area contributed by atoms with Gasteiger partial charge in [0.25, 0.3) is 0 Å². The summed E-state index contributed by atoms with van der Waals surface area (Å²) in [7, 11) is 5.21. The van der Waals surface area contributed by atoms with Gasteiger partial charge in [-0.1, -0.05) is 40.0 Å². The zero-order valence-electron chi connectivity index (χ0n) is 24.6. The van der Waals surface area contributed by atoms with E-state index in [1.807, 2.05) is 0 Å². The zero-order valence-corrected chi connectivity index (χ0v) is 25.7. The van der Waals surface area contributed by atoms with Crippen LogP contribution in [0.15, 0.2) is 0 Å². The van der Waals surface area contributed by atoms with Gasteiger partial charge >= 0.3 is 17.1 Å². The summed E-state index contributed by atoms with van der Waals surface area (Å²) < 4.78 is 0. The monoisotopic (exact) mass is 569 g/mol. The molecule has 215 valence electrons. The molecule has 0 N–H and O–H groups in total. The fraction of sp³-hybridized carbons (Fsp3) is 0.778. The van der Waals surface area contributed by atoms with Crippen molar-refractivity contribution in [3.8, 4) is 0 Å². The molecule has 0 aliphatic rings. The molecule has 9 nitrogen and oxygen atoms in total. The minimum Gasteiger partial charge on any atom is -0.345 e. The smallest absolute Gasteiger partial charge is 0.345 e. The third kappa shape index (κ3) is 30.1. The maximum atomic E-state index is 11.2. The van der Waals surface area contributed by atoms with Crippen molar-refractivity contribution < 1.29 is 45.8 Å². The van der Waals surface area contributed by atoms with Crippen LogP contribution in [-0.2, 0) is 45.8 Å². The number of amides is 3. The number of carbonyl (C=O) groups excluding carboxylic acids is 6. The first-order valence-electron chi connectivity index (χ1n) is 12.9. The van der Waals surface area contributed by atoms with Crippen molar-refractivity contribution in [1.29, 1.82) is 0 Å². The second-order valence-electron chi connectivity index (χ2n) is 9.14. The van der Waals surface area contributed by atoms with E-state index < -0.39 is 0 Å². The van der Waals surface area contributed by atoms with Crippen LogP contribution in [0.3, 0.4) is 0 Å². The summed E-state index contributed by atoms with van der Waals surface area (Å²) in [4.78, 5) is 70.1. The molecule has 0 aromatic carbocycles. The number of nitrogens with zero attached hydrogens (tertiary/aromatic N) is 3. The van der Waals surface area contributed by atoms with Crippen LogP contribution in [0.25, 0.3) is 0 Å².